The topological polar surface area (TPSA) is 80.9 Å². The molecule has 2 aromatic rings. The zero-order valence-corrected chi connectivity index (χ0v) is 13.6. The maximum atomic E-state index is 11.4. The number of rotatable bonds is 4. The van der Waals surface area contributed by atoms with E-state index >= 15 is 0 Å². The second-order valence-electron chi connectivity index (χ2n) is 4.26. The molecule has 0 atom stereocenters. The third kappa shape index (κ3) is 3.96. The second-order valence-corrected chi connectivity index (χ2v) is 5.10. The highest BCUT2D eigenvalue weighted by atomic mass is 35.5. The Balaban J connectivity index is 0.00000242. The van der Waals surface area contributed by atoms with Crippen molar-refractivity contribution in [3.8, 4) is 0 Å². The van der Waals surface area contributed by atoms with Gasteiger partial charge in [0.25, 0.3) is 0 Å². The van der Waals surface area contributed by atoms with Crippen molar-refractivity contribution in [2.75, 3.05) is 7.11 Å². The molecule has 1 aromatic heterocycles. The fraction of sp³-hybridized carbons (Fsp3) is 0.214. The summed E-state index contributed by atoms with van der Waals surface area (Å²) in [4.78, 5) is 27.4. The van der Waals surface area contributed by atoms with E-state index in [0.29, 0.717) is 10.5 Å². The zero-order valence-electron chi connectivity index (χ0n) is 12.0. The van der Waals surface area contributed by atoms with Gasteiger partial charge in [-0.1, -0.05) is 18.2 Å². The van der Waals surface area contributed by atoms with Crippen molar-refractivity contribution in [1.29, 1.82) is 0 Å². The Hall–Kier alpha value is -2.12. The quantitative estimate of drug-likeness (QED) is 0.863. The van der Waals surface area contributed by atoms with Crippen LogP contribution in [0.15, 0.2) is 34.6 Å². The van der Waals surface area contributed by atoms with Crippen LogP contribution in [0.4, 0.5) is 5.69 Å². The lowest BCUT2D eigenvalue weighted by Crippen LogP contribution is -2.16. The summed E-state index contributed by atoms with van der Waals surface area (Å²) in [6.07, 6.45) is 0.122. The van der Waals surface area contributed by atoms with Crippen molar-refractivity contribution in [2.45, 2.75) is 6.42 Å². The van der Waals surface area contributed by atoms with Crippen LogP contribution in [0.5, 0.6) is 0 Å². The van der Waals surface area contributed by atoms with Crippen molar-refractivity contribution >= 4 is 41.4 Å². The van der Waals surface area contributed by atoms with Crippen LogP contribution in [0.2, 0.25) is 0 Å². The minimum absolute atomic E-state index is 0. The highest BCUT2D eigenvalue weighted by Crippen LogP contribution is 2.19. The first-order valence-electron chi connectivity index (χ1n) is 6.10. The molecule has 0 aliphatic rings. The number of carbonyl (C=O) groups excluding carboxylic acids is 1. The number of thiazole rings is 1. The lowest BCUT2D eigenvalue weighted by molar-refractivity contribution is -0.139. The van der Waals surface area contributed by atoms with Crippen LogP contribution in [0.25, 0.3) is 0 Å². The van der Waals surface area contributed by atoms with Gasteiger partial charge in [-0.15, -0.1) is 23.7 Å². The smallest absolute Gasteiger partial charge is 0.353 e. The standard InChI is InChI=1S/C14H14N2O4S.ClH/c1-16-11(13(18)19)8-21-14(16)15-10-6-4-3-5-9(10)7-12(17)20-2;/h3-6,8H,7H2,1-2H3,(H,18,19);1H. The molecule has 0 unspecified atom stereocenters. The average Bonchev–Trinajstić information content (AvgIpc) is 2.82. The summed E-state index contributed by atoms with van der Waals surface area (Å²) in [7, 11) is 2.97. The molecule has 0 bridgehead atoms. The first-order chi connectivity index (χ1) is 10.0. The number of carbonyl (C=O) groups is 2. The minimum Gasteiger partial charge on any atom is -0.477 e. The zero-order chi connectivity index (χ0) is 15.4. The highest BCUT2D eigenvalue weighted by molar-refractivity contribution is 7.07. The maximum absolute atomic E-state index is 11.4. The molecule has 22 heavy (non-hydrogen) atoms. The van der Waals surface area contributed by atoms with Gasteiger partial charge in [-0.25, -0.2) is 9.79 Å². The van der Waals surface area contributed by atoms with Gasteiger partial charge in [0, 0.05) is 12.4 Å². The van der Waals surface area contributed by atoms with E-state index in [2.05, 4.69) is 9.73 Å². The lowest BCUT2D eigenvalue weighted by atomic mass is 10.1. The Labute approximate surface area is 137 Å². The number of carboxylic acid groups (broad SMARTS) is 1. The van der Waals surface area contributed by atoms with Gasteiger partial charge in [0.15, 0.2) is 4.80 Å². The molecule has 0 saturated carbocycles. The Kier molecular flexibility index (Phi) is 6.33. The maximum Gasteiger partial charge on any atom is 0.353 e. The van der Waals surface area contributed by atoms with E-state index in [1.807, 2.05) is 12.1 Å². The number of ether oxygens (including phenoxy) is 1. The molecule has 118 valence electrons. The number of esters is 1. The van der Waals surface area contributed by atoms with Gasteiger partial charge in [0.05, 0.1) is 19.2 Å². The molecule has 0 amide bonds. The minimum atomic E-state index is -1.00. The van der Waals surface area contributed by atoms with Gasteiger partial charge in [0.2, 0.25) is 0 Å². The van der Waals surface area contributed by atoms with E-state index in [0.717, 1.165) is 5.56 Å². The fourth-order valence-electron chi connectivity index (χ4n) is 1.76. The summed E-state index contributed by atoms with van der Waals surface area (Å²) < 4.78 is 6.16. The third-order valence-corrected chi connectivity index (χ3v) is 3.83. The summed E-state index contributed by atoms with van der Waals surface area (Å²) in [6, 6.07) is 7.19. The summed E-state index contributed by atoms with van der Waals surface area (Å²) in [5.74, 6) is -1.35. The van der Waals surface area contributed by atoms with E-state index in [-0.39, 0.29) is 30.5 Å². The summed E-state index contributed by atoms with van der Waals surface area (Å²) in [5, 5.41) is 10.6. The molecule has 2 rings (SSSR count). The number of nitrogens with zero attached hydrogens (tertiary/aromatic N) is 2. The summed E-state index contributed by atoms with van der Waals surface area (Å²) in [5.41, 5.74) is 1.52. The number of hydrogen-bond acceptors (Lipinski definition) is 5. The molecular weight excluding hydrogens is 328 g/mol. The Morgan fingerprint density at radius 1 is 1.36 bits per heavy atom. The Morgan fingerprint density at radius 2 is 2.05 bits per heavy atom. The van der Waals surface area contributed by atoms with E-state index in [1.165, 1.54) is 28.4 Å². The SMILES string of the molecule is COC(=O)Cc1ccccc1N=c1scc(C(=O)O)n1C.Cl. The van der Waals surface area contributed by atoms with Crippen molar-refractivity contribution in [2.24, 2.45) is 12.0 Å². The van der Waals surface area contributed by atoms with Crippen molar-refractivity contribution in [3.05, 3.63) is 45.7 Å². The molecule has 0 saturated heterocycles. The largest absolute Gasteiger partial charge is 0.477 e. The molecule has 8 heteroatoms. The van der Waals surface area contributed by atoms with Crippen LogP contribution in [-0.2, 0) is 23.0 Å². The van der Waals surface area contributed by atoms with Crippen LogP contribution >= 0.6 is 23.7 Å². The molecule has 6 nitrogen and oxygen atoms in total. The van der Waals surface area contributed by atoms with Crippen LogP contribution in [0, 0.1) is 0 Å². The second kappa shape index (κ2) is 7.77. The van der Waals surface area contributed by atoms with Crippen molar-refractivity contribution < 1.29 is 19.4 Å². The number of halogens is 1. The molecule has 0 spiro atoms. The Bertz CT molecular complexity index is 751. The summed E-state index contributed by atoms with van der Waals surface area (Å²) in [6.45, 7) is 0. The van der Waals surface area contributed by atoms with Crippen LogP contribution in [0.3, 0.4) is 0 Å². The summed E-state index contributed by atoms with van der Waals surface area (Å²) >= 11 is 1.23. The van der Waals surface area contributed by atoms with Crippen molar-refractivity contribution in [3.63, 3.8) is 0 Å². The first kappa shape index (κ1) is 17.9. The average molecular weight is 343 g/mol. The van der Waals surface area contributed by atoms with E-state index in [1.54, 1.807) is 19.2 Å². The molecule has 0 aliphatic heterocycles. The molecule has 1 heterocycles. The normalized spacial score (nSPS) is 10.9. The molecule has 0 fully saturated rings. The van der Waals surface area contributed by atoms with E-state index in [4.69, 9.17) is 5.11 Å². The third-order valence-electron chi connectivity index (χ3n) is 2.91. The number of aromatic nitrogens is 1. The van der Waals surface area contributed by atoms with Gasteiger partial charge in [-0.3, -0.25) is 4.79 Å². The number of hydrogen-bond donors (Lipinski definition) is 1. The van der Waals surface area contributed by atoms with Gasteiger partial charge < -0.3 is 14.4 Å². The number of benzene rings is 1. The van der Waals surface area contributed by atoms with E-state index < -0.39 is 5.97 Å². The first-order valence-corrected chi connectivity index (χ1v) is 6.98. The van der Waals surface area contributed by atoms with Gasteiger partial charge in [-0.05, 0) is 11.6 Å². The van der Waals surface area contributed by atoms with E-state index in [9.17, 15) is 9.59 Å². The lowest BCUT2D eigenvalue weighted by Gasteiger charge is -2.04. The predicted molar refractivity (Wildman–Crippen MR) is 84.9 cm³/mol. The number of carboxylic acids is 1. The van der Waals surface area contributed by atoms with Gasteiger partial charge >= 0.3 is 11.9 Å². The molecule has 1 aromatic carbocycles. The monoisotopic (exact) mass is 342 g/mol. The number of para-hydroxylation sites is 1. The predicted octanol–water partition coefficient (Wildman–Crippen LogP) is 2.15. The number of aromatic carboxylic acids is 1. The van der Waals surface area contributed by atoms with Gasteiger partial charge in [0.1, 0.15) is 5.69 Å². The molecule has 1 N–H and O–H groups in total. The Morgan fingerprint density at radius 3 is 2.64 bits per heavy atom. The van der Waals surface area contributed by atoms with Gasteiger partial charge in [-0.2, -0.15) is 0 Å². The molecule has 0 aliphatic carbocycles. The van der Waals surface area contributed by atoms with Crippen molar-refractivity contribution in [1.82, 2.24) is 4.57 Å². The fourth-order valence-corrected chi connectivity index (χ4v) is 2.65. The van der Waals surface area contributed by atoms with Crippen LogP contribution in [-0.4, -0.2) is 28.7 Å². The van der Waals surface area contributed by atoms with Crippen LogP contribution < -0.4 is 4.80 Å². The highest BCUT2D eigenvalue weighted by Gasteiger charge is 2.10. The molecule has 0 radical (unpaired) electrons. The van der Waals surface area contributed by atoms with Crippen LogP contribution in [0.1, 0.15) is 16.1 Å². The molecular formula is C14H15ClN2O4S. The number of methoxy groups -OCH3 is 1.